The molecule has 0 aliphatic carbocycles. The number of benzene rings is 1. The summed E-state index contributed by atoms with van der Waals surface area (Å²) in [5.41, 5.74) is 0.784. The van der Waals surface area contributed by atoms with Crippen LogP contribution in [0.1, 0.15) is 39.5 Å². The molecule has 25 heavy (non-hydrogen) atoms. The monoisotopic (exact) mass is 409 g/mol. The van der Waals surface area contributed by atoms with Crippen LogP contribution < -0.4 is 10.6 Å². The molecule has 1 aromatic rings. The maximum absolute atomic E-state index is 12.3. The molecule has 0 radical (unpaired) electrons. The summed E-state index contributed by atoms with van der Waals surface area (Å²) in [6.45, 7) is 5.94. The van der Waals surface area contributed by atoms with E-state index < -0.39 is 0 Å². The summed E-state index contributed by atoms with van der Waals surface area (Å²) in [4.78, 5) is 26.7. The van der Waals surface area contributed by atoms with E-state index in [0.717, 1.165) is 42.4 Å². The normalized spacial score (nSPS) is 20.9. The molecule has 0 aromatic heterocycles. The summed E-state index contributed by atoms with van der Waals surface area (Å²) in [6.07, 6.45) is 3.92. The Balaban J connectivity index is 1.85. The highest BCUT2D eigenvalue weighted by Crippen LogP contribution is 2.22. The molecule has 2 amide bonds. The van der Waals surface area contributed by atoms with Gasteiger partial charge in [0.05, 0.1) is 12.5 Å². The average Bonchev–Trinajstić information content (AvgIpc) is 2.59. The van der Waals surface area contributed by atoms with Crippen molar-refractivity contribution in [3.8, 4) is 0 Å². The molecular weight excluding hydrogens is 382 g/mol. The highest BCUT2D eigenvalue weighted by Gasteiger charge is 2.30. The fraction of sp³-hybridized carbons (Fsp3) is 0.579. The molecule has 2 unspecified atom stereocenters. The standard InChI is InChI=1S/C19H28BrN3O2/c1-3-4-11-21-19(25)15-6-5-14(2)23(12-15)13-18(24)22-17-9-7-16(20)8-10-17/h7-10,14-15H,3-6,11-13H2,1-2H3,(H,21,25)(H,22,24). The number of amides is 2. The molecule has 1 aromatic carbocycles. The second-order valence-electron chi connectivity index (χ2n) is 6.75. The fourth-order valence-corrected chi connectivity index (χ4v) is 3.33. The van der Waals surface area contributed by atoms with Gasteiger partial charge >= 0.3 is 0 Å². The zero-order valence-corrected chi connectivity index (χ0v) is 16.6. The molecule has 2 rings (SSSR count). The van der Waals surface area contributed by atoms with Crippen molar-refractivity contribution in [3.63, 3.8) is 0 Å². The van der Waals surface area contributed by atoms with Crippen molar-refractivity contribution in [2.75, 3.05) is 25.0 Å². The number of carbonyl (C=O) groups excluding carboxylic acids is 2. The molecule has 1 saturated heterocycles. The Bertz CT molecular complexity index is 577. The summed E-state index contributed by atoms with van der Waals surface area (Å²) in [5.74, 6) is 0.0634. The van der Waals surface area contributed by atoms with E-state index in [9.17, 15) is 9.59 Å². The highest BCUT2D eigenvalue weighted by molar-refractivity contribution is 9.10. The zero-order valence-electron chi connectivity index (χ0n) is 15.1. The summed E-state index contributed by atoms with van der Waals surface area (Å²) >= 11 is 3.38. The summed E-state index contributed by atoms with van der Waals surface area (Å²) < 4.78 is 0.979. The minimum Gasteiger partial charge on any atom is -0.356 e. The minimum absolute atomic E-state index is 0.0199. The minimum atomic E-state index is -0.0405. The molecular formula is C19H28BrN3O2. The quantitative estimate of drug-likeness (QED) is 0.678. The number of carbonyl (C=O) groups is 2. The van der Waals surface area contributed by atoms with E-state index in [1.807, 2.05) is 24.3 Å². The lowest BCUT2D eigenvalue weighted by molar-refractivity contribution is -0.128. The van der Waals surface area contributed by atoms with Crippen molar-refractivity contribution in [2.24, 2.45) is 5.92 Å². The highest BCUT2D eigenvalue weighted by atomic mass is 79.9. The number of nitrogens with zero attached hydrogens (tertiary/aromatic N) is 1. The first-order valence-electron chi connectivity index (χ1n) is 9.06. The summed E-state index contributed by atoms with van der Waals surface area (Å²) in [5, 5.41) is 5.94. The van der Waals surface area contributed by atoms with E-state index in [0.29, 0.717) is 19.1 Å². The number of rotatable bonds is 7. The smallest absolute Gasteiger partial charge is 0.238 e. The van der Waals surface area contributed by atoms with Crippen molar-refractivity contribution in [1.29, 1.82) is 0 Å². The maximum Gasteiger partial charge on any atom is 0.238 e. The molecule has 0 bridgehead atoms. The predicted molar refractivity (Wildman–Crippen MR) is 104 cm³/mol. The van der Waals surface area contributed by atoms with Crippen LogP contribution in [0, 0.1) is 5.92 Å². The Morgan fingerprint density at radius 1 is 1.24 bits per heavy atom. The fourth-order valence-electron chi connectivity index (χ4n) is 3.06. The van der Waals surface area contributed by atoms with Crippen LogP contribution in [0.25, 0.3) is 0 Å². The number of halogens is 1. The molecule has 2 N–H and O–H groups in total. The molecule has 0 spiro atoms. The first kappa shape index (κ1) is 19.9. The molecule has 0 saturated carbocycles. The van der Waals surface area contributed by atoms with Crippen LogP contribution >= 0.6 is 15.9 Å². The van der Waals surface area contributed by atoms with E-state index in [-0.39, 0.29) is 17.7 Å². The largest absolute Gasteiger partial charge is 0.356 e. The van der Waals surface area contributed by atoms with Gasteiger partial charge in [0.1, 0.15) is 0 Å². The number of hydrogen-bond acceptors (Lipinski definition) is 3. The van der Waals surface area contributed by atoms with Gasteiger partial charge in [0.2, 0.25) is 11.8 Å². The third-order valence-electron chi connectivity index (χ3n) is 4.69. The Morgan fingerprint density at radius 3 is 2.64 bits per heavy atom. The lowest BCUT2D eigenvalue weighted by Crippen LogP contribution is -2.49. The molecule has 1 fully saturated rings. The van der Waals surface area contributed by atoms with Gasteiger partial charge in [-0.25, -0.2) is 0 Å². The first-order valence-corrected chi connectivity index (χ1v) is 9.86. The van der Waals surface area contributed by atoms with Gasteiger partial charge in [0.25, 0.3) is 0 Å². The second-order valence-corrected chi connectivity index (χ2v) is 7.67. The van der Waals surface area contributed by atoms with E-state index in [1.54, 1.807) is 0 Å². The van der Waals surface area contributed by atoms with Gasteiger partial charge in [0.15, 0.2) is 0 Å². The van der Waals surface area contributed by atoms with E-state index >= 15 is 0 Å². The van der Waals surface area contributed by atoms with Gasteiger partial charge in [0, 0.05) is 29.3 Å². The molecule has 138 valence electrons. The maximum atomic E-state index is 12.3. The second kappa shape index (κ2) is 9.92. The van der Waals surface area contributed by atoms with Gasteiger partial charge in [-0.15, -0.1) is 0 Å². The van der Waals surface area contributed by atoms with Crippen molar-refractivity contribution in [3.05, 3.63) is 28.7 Å². The van der Waals surface area contributed by atoms with Gasteiger partial charge in [-0.1, -0.05) is 29.3 Å². The van der Waals surface area contributed by atoms with Crippen LogP contribution in [0.15, 0.2) is 28.7 Å². The van der Waals surface area contributed by atoms with Crippen molar-refractivity contribution < 1.29 is 9.59 Å². The van der Waals surface area contributed by atoms with E-state index in [1.165, 1.54) is 0 Å². The summed E-state index contributed by atoms with van der Waals surface area (Å²) in [7, 11) is 0. The number of piperidine rings is 1. The molecule has 1 aliphatic heterocycles. The topological polar surface area (TPSA) is 61.4 Å². The predicted octanol–water partition coefficient (Wildman–Crippen LogP) is 3.40. The van der Waals surface area contributed by atoms with Gasteiger partial charge in [-0.05, 0) is 50.5 Å². The van der Waals surface area contributed by atoms with Crippen LogP contribution in [-0.2, 0) is 9.59 Å². The summed E-state index contributed by atoms with van der Waals surface area (Å²) in [6, 6.07) is 7.85. The molecule has 2 atom stereocenters. The first-order chi connectivity index (χ1) is 12.0. The number of likely N-dealkylation sites (tertiary alicyclic amines) is 1. The van der Waals surface area contributed by atoms with Crippen LogP contribution in [0.2, 0.25) is 0 Å². The molecule has 1 heterocycles. The van der Waals surface area contributed by atoms with Gasteiger partial charge in [-0.2, -0.15) is 0 Å². The Hall–Kier alpha value is -1.40. The lowest BCUT2D eigenvalue weighted by atomic mass is 9.92. The zero-order chi connectivity index (χ0) is 18.2. The average molecular weight is 410 g/mol. The Morgan fingerprint density at radius 2 is 1.96 bits per heavy atom. The van der Waals surface area contributed by atoms with Gasteiger partial charge in [-0.3, -0.25) is 14.5 Å². The number of unbranched alkanes of at least 4 members (excludes halogenated alkanes) is 1. The molecule has 6 heteroatoms. The number of anilines is 1. The van der Waals surface area contributed by atoms with E-state index in [4.69, 9.17) is 0 Å². The number of nitrogens with one attached hydrogen (secondary N) is 2. The van der Waals surface area contributed by atoms with Crippen LogP contribution in [-0.4, -0.2) is 42.4 Å². The SMILES string of the molecule is CCCCNC(=O)C1CCC(C)N(CC(=O)Nc2ccc(Br)cc2)C1. The lowest BCUT2D eigenvalue weighted by Gasteiger charge is -2.36. The molecule has 5 nitrogen and oxygen atoms in total. The van der Waals surface area contributed by atoms with E-state index in [2.05, 4.69) is 45.3 Å². The van der Waals surface area contributed by atoms with Crippen molar-refractivity contribution >= 4 is 33.4 Å². The van der Waals surface area contributed by atoms with Crippen LogP contribution in [0.4, 0.5) is 5.69 Å². The third kappa shape index (κ3) is 6.44. The van der Waals surface area contributed by atoms with Crippen LogP contribution in [0.5, 0.6) is 0 Å². The third-order valence-corrected chi connectivity index (χ3v) is 5.21. The Kier molecular flexibility index (Phi) is 7.90. The van der Waals surface area contributed by atoms with Crippen LogP contribution in [0.3, 0.4) is 0 Å². The van der Waals surface area contributed by atoms with Crippen molar-refractivity contribution in [2.45, 2.75) is 45.6 Å². The molecule has 1 aliphatic rings. The van der Waals surface area contributed by atoms with Gasteiger partial charge < -0.3 is 10.6 Å². The number of hydrogen-bond donors (Lipinski definition) is 2. The Labute approximate surface area is 158 Å². The van der Waals surface area contributed by atoms with Crippen molar-refractivity contribution in [1.82, 2.24) is 10.2 Å².